The molecular weight excluding hydrogens is 274 g/mol. The van der Waals surface area contributed by atoms with Gasteiger partial charge in [-0.3, -0.25) is 15.0 Å². The highest BCUT2D eigenvalue weighted by Crippen LogP contribution is 2.26. The third-order valence-electron chi connectivity index (χ3n) is 3.06. The summed E-state index contributed by atoms with van der Waals surface area (Å²) >= 11 is 0. The van der Waals surface area contributed by atoms with Crippen molar-refractivity contribution in [1.82, 2.24) is 4.90 Å². The van der Waals surface area contributed by atoms with Crippen molar-refractivity contribution in [2.45, 2.75) is 19.9 Å². The van der Waals surface area contributed by atoms with Gasteiger partial charge in [0.05, 0.1) is 18.1 Å². The Morgan fingerprint density at radius 3 is 2.48 bits per heavy atom. The number of hydrogen-bond donors (Lipinski definition) is 3. The molecule has 0 aromatic heterocycles. The Balaban J connectivity index is 2.88. The van der Waals surface area contributed by atoms with Crippen LogP contribution in [-0.2, 0) is 6.54 Å². The number of anilines is 1. The van der Waals surface area contributed by atoms with Crippen molar-refractivity contribution < 1.29 is 15.1 Å². The van der Waals surface area contributed by atoms with E-state index in [0.717, 1.165) is 12.0 Å². The molecule has 0 atom stereocenters. The Kier molecular flexibility index (Phi) is 7.66. The van der Waals surface area contributed by atoms with Crippen LogP contribution in [0.2, 0.25) is 0 Å². The smallest absolute Gasteiger partial charge is 0.292 e. The molecule has 1 aromatic rings. The maximum atomic E-state index is 11.1. The second kappa shape index (κ2) is 9.28. The van der Waals surface area contributed by atoms with Crippen LogP contribution in [0.5, 0.6) is 0 Å². The van der Waals surface area contributed by atoms with Gasteiger partial charge >= 0.3 is 0 Å². The Morgan fingerprint density at radius 1 is 1.29 bits per heavy atom. The lowest BCUT2D eigenvalue weighted by atomic mass is 10.1. The van der Waals surface area contributed by atoms with Gasteiger partial charge in [-0.05, 0) is 18.1 Å². The molecule has 0 bridgehead atoms. The maximum absolute atomic E-state index is 11.1. The molecule has 0 aliphatic carbocycles. The Hall–Kier alpha value is -1.70. The van der Waals surface area contributed by atoms with Crippen LogP contribution < -0.4 is 5.32 Å². The van der Waals surface area contributed by atoms with Gasteiger partial charge in [-0.15, -0.1) is 0 Å². The van der Waals surface area contributed by atoms with Crippen LogP contribution in [0.3, 0.4) is 0 Å². The van der Waals surface area contributed by atoms with Crippen molar-refractivity contribution in [3.05, 3.63) is 33.9 Å². The molecule has 21 heavy (non-hydrogen) atoms. The summed E-state index contributed by atoms with van der Waals surface area (Å²) in [6.45, 7) is 3.94. The fourth-order valence-corrected chi connectivity index (χ4v) is 2.05. The van der Waals surface area contributed by atoms with E-state index in [4.69, 9.17) is 10.2 Å². The SMILES string of the molecule is CCCNc1ccc(CN(CCO)CCO)cc1[N+](=O)[O-]. The van der Waals surface area contributed by atoms with Gasteiger partial charge in [0.25, 0.3) is 5.69 Å². The lowest BCUT2D eigenvalue weighted by Gasteiger charge is -2.20. The van der Waals surface area contributed by atoms with Gasteiger partial charge in [0.15, 0.2) is 0 Å². The van der Waals surface area contributed by atoms with Crippen LogP contribution in [0.25, 0.3) is 0 Å². The highest BCUT2D eigenvalue weighted by Gasteiger charge is 2.15. The zero-order chi connectivity index (χ0) is 15.7. The van der Waals surface area contributed by atoms with Gasteiger partial charge in [-0.2, -0.15) is 0 Å². The molecular formula is C14H23N3O4. The quantitative estimate of drug-likeness (QED) is 0.443. The van der Waals surface area contributed by atoms with Gasteiger partial charge in [0, 0.05) is 32.2 Å². The number of nitro groups is 1. The van der Waals surface area contributed by atoms with E-state index < -0.39 is 4.92 Å². The molecule has 0 heterocycles. The average molecular weight is 297 g/mol. The monoisotopic (exact) mass is 297 g/mol. The summed E-state index contributed by atoms with van der Waals surface area (Å²) in [7, 11) is 0. The molecule has 3 N–H and O–H groups in total. The van der Waals surface area contributed by atoms with E-state index >= 15 is 0 Å². The minimum atomic E-state index is -0.399. The third-order valence-corrected chi connectivity index (χ3v) is 3.06. The molecule has 0 saturated heterocycles. The molecule has 1 aromatic carbocycles. The second-order valence-electron chi connectivity index (χ2n) is 4.76. The van der Waals surface area contributed by atoms with Gasteiger partial charge in [-0.1, -0.05) is 13.0 Å². The molecule has 0 saturated carbocycles. The van der Waals surface area contributed by atoms with Gasteiger partial charge < -0.3 is 15.5 Å². The number of aliphatic hydroxyl groups excluding tert-OH is 2. The molecule has 0 spiro atoms. The summed E-state index contributed by atoms with van der Waals surface area (Å²) in [5.74, 6) is 0. The lowest BCUT2D eigenvalue weighted by Crippen LogP contribution is -2.29. The topological polar surface area (TPSA) is 98.9 Å². The van der Waals surface area contributed by atoms with Crippen molar-refractivity contribution in [2.75, 3.05) is 38.2 Å². The molecule has 0 amide bonds. The van der Waals surface area contributed by atoms with E-state index in [9.17, 15) is 10.1 Å². The van der Waals surface area contributed by atoms with Gasteiger partial charge in [0.2, 0.25) is 0 Å². The van der Waals surface area contributed by atoms with Gasteiger partial charge in [-0.25, -0.2) is 0 Å². The van der Waals surface area contributed by atoms with E-state index in [2.05, 4.69) is 5.32 Å². The molecule has 0 aliphatic heterocycles. The molecule has 7 nitrogen and oxygen atoms in total. The predicted octanol–water partition coefficient (Wildman–Crippen LogP) is 1.20. The first-order valence-electron chi connectivity index (χ1n) is 7.07. The molecule has 0 fully saturated rings. The molecule has 7 heteroatoms. The first-order chi connectivity index (χ1) is 10.1. The van der Waals surface area contributed by atoms with Crippen LogP contribution in [0.1, 0.15) is 18.9 Å². The predicted molar refractivity (Wildman–Crippen MR) is 81.3 cm³/mol. The lowest BCUT2D eigenvalue weighted by molar-refractivity contribution is -0.384. The molecule has 0 radical (unpaired) electrons. The minimum absolute atomic E-state index is 0.0156. The number of nitrogens with one attached hydrogen (secondary N) is 1. The number of nitrogens with zero attached hydrogens (tertiary/aromatic N) is 2. The van der Waals surface area contributed by atoms with Gasteiger partial charge in [0.1, 0.15) is 5.69 Å². The summed E-state index contributed by atoms with van der Waals surface area (Å²) in [5.41, 5.74) is 1.35. The van der Waals surface area contributed by atoms with Crippen molar-refractivity contribution >= 4 is 11.4 Å². The number of hydrogen-bond acceptors (Lipinski definition) is 6. The van der Waals surface area contributed by atoms with E-state index in [1.165, 1.54) is 0 Å². The summed E-state index contributed by atoms with van der Waals surface area (Å²) < 4.78 is 0. The Labute approximate surface area is 124 Å². The van der Waals surface area contributed by atoms with Crippen LogP contribution in [0, 0.1) is 10.1 Å². The average Bonchev–Trinajstić information content (AvgIpc) is 2.46. The van der Waals surface area contributed by atoms with E-state index in [-0.39, 0.29) is 18.9 Å². The largest absolute Gasteiger partial charge is 0.395 e. The first kappa shape index (κ1) is 17.4. The number of nitro benzene ring substituents is 1. The van der Waals surface area contributed by atoms with E-state index in [1.54, 1.807) is 12.1 Å². The maximum Gasteiger partial charge on any atom is 0.292 e. The minimum Gasteiger partial charge on any atom is -0.395 e. The van der Waals surface area contributed by atoms with Crippen LogP contribution in [0.15, 0.2) is 18.2 Å². The first-order valence-corrected chi connectivity index (χ1v) is 7.07. The Morgan fingerprint density at radius 2 is 1.95 bits per heavy atom. The van der Waals surface area contributed by atoms with Crippen LogP contribution in [0.4, 0.5) is 11.4 Å². The molecule has 0 unspecified atom stereocenters. The summed E-state index contributed by atoms with van der Waals surface area (Å²) in [4.78, 5) is 12.6. The second-order valence-corrected chi connectivity index (χ2v) is 4.76. The summed E-state index contributed by atoms with van der Waals surface area (Å²) in [6.07, 6.45) is 0.889. The number of rotatable bonds is 10. The van der Waals surface area contributed by atoms with Crippen molar-refractivity contribution in [2.24, 2.45) is 0 Å². The fourth-order valence-electron chi connectivity index (χ4n) is 2.05. The van der Waals surface area contributed by atoms with Crippen LogP contribution >= 0.6 is 0 Å². The van der Waals surface area contributed by atoms with E-state index in [0.29, 0.717) is 31.9 Å². The zero-order valence-corrected chi connectivity index (χ0v) is 12.3. The van der Waals surface area contributed by atoms with Crippen molar-refractivity contribution in [3.63, 3.8) is 0 Å². The number of benzene rings is 1. The highest BCUT2D eigenvalue weighted by atomic mass is 16.6. The Bertz CT molecular complexity index is 448. The highest BCUT2D eigenvalue weighted by molar-refractivity contribution is 5.62. The summed E-state index contributed by atoms with van der Waals surface area (Å²) in [6, 6.07) is 5.08. The standard InChI is InChI=1S/C14H23N3O4/c1-2-5-15-13-4-3-12(10-14(13)17(20)21)11-16(6-8-18)7-9-19/h3-4,10,15,18-19H,2,5-9,11H2,1H3. The molecule has 118 valence electrons. The molecule has 1 rings (SSSR count). The fraction of sp³-hybridized carbons (Fsp3) is 0.571. The van der Waals surface area contributed by atoms with E-state index in [1.807, 2.05) is 17.9 Å². The summed E-state index contributed by atoms with van der Waals surface area (Å²) in [5, 5.41) is 32.2. The van der Waals surface area contributed by atoms with Crippen molar-refractivity contribution in [3.8, 4) is 0 Å². The zero-order valence-electron chi connectivity index (χ0n) is 12.3. The third kappa shape index (κ3) is 5.66. The van der Waals surface area contributed by atoms with Crippen molar-refractivity contribution in [1.29, 1.82) is 0 Å². The van der Waals surface area contributed by atoms with Crippen LogP contribution in [-0.4, -0.2) is 52.9 Å². The number of aliphatic hydroxyl groups is 2. The molecule has 0 aliphatic rings. The normalized spacial score (nSPS) is 10.9.